The first-order valence-corrected chi connectivity index (χ1v) is 7.98. The Labute approximate surface area is 112 Å². The Morgan fingerprint density at radius 1 is 0.833 bits per heavy atom. The fraction of sp³-hybridized carbons (Fsp3) is 0.250. The van der Waals surface area contributed by atoms with Gasteiger partial charge in [0.15, 0.2) is 0 Å². The van der Waals surface area contributed by atoms with Crippen LogP contribution in [0.1, 0.15) is 24.1 Å². The van der Waals surface area contributed by atoms with Crippen molar-refractivity contribution in [2.24, 2.45) is 0 Å². The molecule has 3 rings (SSSR count). The van der Waals surface area contributed by atoms with Crippen LogP contribution in [0.2, 0.25) is 0 Å². The standard InChI is InChI=1S/C16H16BP/c17-16-12-11-15(13-7-3-1-4-8-13)18(16)14-9-5-2-6-10-14/h1-10,15-16H,11-12H2. The van der Waals surface area contributed by atoms with Crippen LogP contribution in [0.4, 0.5) is 0 Å². The highest BCUT2D eigenvalue weighted by Gasteiger charge is 2.34. The molecular weight excluding hydrogens is 234 g/mol. The van der Waals surface area contributed by atoms with Crippen molar-refractivity contribution in [3.05, 3.63) is 66.2 Å². The average molecular weight is 250 g/mol. The lowest BCUT2D eigenvalue weighted by Gasteiger charge is -2.25. The SMILES string of the molecule is [B]C1CCC(c2ccccc2)P1c1ccccc1. The molecular formula is C16H16BP. The monoisotopic (exact) mass is 250 g/mol. The van der Waals surface area contributed by atoms with Crippen LogP contribution < -0.4 is 5.30 Å². The van der Waals surface area contributed by atoms with Gasteiger partial charge in [0.25, 0.3) is 0 Å². The van der Waals surface area contributed by atoms with E-state index in [2.05, 4.69) is 60.7 Å². The van der Waals surface area contributed by atoms with E-state index in [9.17, 15) is 0 Å². The van der Waals surface area contributed by atoms with Gasteiger partial charge in [-0.25, -0.2) is 0 Å². The molecule has 1 fully saturated rings. The third-order valence-corrected chi connectivity index (χ3v) is 6.76. The number of hydrogen-bond donors (Lipinski definition) is 0. The van der Waals surface area contributed by atoms with Gasteiger partial charge in [0.05, 0.1) is 7.85 Å². The third-order valence-electron chi connectivity index (χ3n) is 3.67. The predicted molar refractivity (Wildman–Crippen MR) is 81.0 cm³/mol. The normalized spacial score (nSPS) is 27.2. The summed E-state index contributed by atoms with van der Waals surface area (Å²) in [5, 5.41) is 1.45. The Hall–Kier alpha value is -1.07. The van der Waals surface area contributed by atoms with Gasteiger partial charge < -0.3 is 0 Å². The van der Waals surface area contributed by atoms with E-state index in [1.807, 2.05) is 0 Å². The zero-order valence-electron chi connectivity index (χ0n) is 10.4. The zero-order valence-corrected chi connectivity index (χ0v) is 11.3. The third kappa shape index (κ3) is 2.25. The van der Waals surface area contributed by atoms with Gasteiger partial charge >= 0.3 is 0 Å². The molecule has 0 bridgehead atoms. The van der Waals surface area contributed by atoms with E-state index in [4.69, 9.17) is 7.85 Å². The van der Waals surface area contributed by atoms with Crippen LogP contribution >= 0.6 is 7.92 Å². The molecule has 1 heterocycles. The van der Waals surface area contributed by atoms with E-state index in [1.54, 1.807) is 0 Å². The fourth-order valence-corrected chi connectivity index (χ4v) is 5.88. The molecule has 0 aromatic heterocycles. The van der Waals surface area contributed by atoms with Crippen molar-refractivity contribution in [3.8, 4) is 0 Å². The Balaban J connectivity index is 1.96. The first kappa shape index (κ1) is 12.0. The highest BCUT2D eigenvalue weighted by molar-refractivity contribution is 7.68. The molecule has 2 aromatic rings. The van der Waals surface area contributed by atoms with Crippen LogP contribution in [0.25, 0.3) is 0 Å². The molecule has 1 aliphatic rings. The Bertz CT molecular complexity index is 497. The van der Waals surface area contributed by atoms with Crippen molar-refractivity contribution in [2.45, 2.75) is 24.1 Å². The lowest BCUT2D eigenvalue weighted by Crippen LogP contribution is -2.11. The van der Waals surface area contributed by atoms with Gasteiger partial charge in [-0.2, -0.15) is 0 Å². The lowest BCUT2D eigenvalue weighted by molar-refractivity contribution is 0.813. The quantitative estimate of drug-likeness (QED) is 0.561. The molecule has 1 saturated heterocycles. The highest BCUT2D eigenvalue weighted by Crippen LogP contribution is 2.61. The minimum atomic E-state index is -0.263. The topological polar surface area (TPSA) is 0 Å². The molecule has 0 nitrogen and oxygen atoms in total. The second kappa shape index (κ2) is 5.28. The van der Waals surface area contributed by atoms with Crippen LogP contribution in [0.5, 0.6) is 0 Å². The van der Waals surface area contributed by atoms with Gasteiger partial charge in [0.2, 0.25) is 0 Å². The first-order valence-electron chi connectivity index (χ1n) is 6.50. The van der Waals surface area contributed by atoms with E-state index in [-0.39, 0.29) is 7.92 Å². The summed E-state index contributed by atoms with van der Waals surface area (Å²) in [6.45, 7) is 0. The molecule has 2 aromatic carbocycles. The molecule has 88 valence electrons. The van der Waals surface area contributed by atoms with Crippen LogP contribution in [0, 0.1) is 0 Å². The Morgan fingerprint density at radius 3 is 2.11 bits per heavy atom. The van der Waals surface area contributed by atoms with Crippen molar-refractivity contribution in [1.82, 2.24) is 0 Å². The summed E-state index contributed by atoms with van der Waals surface area (Å²) in [4.78, 5) is 0. The Morgan fingerprint density at radius 2 is 1.44 bits per heavy atom. The number of rotatable bonds is 2. The van der Waals surface area contributed by atoms with Crippen molar-refractivity contribution < 1.29 is 0 Å². The summed E-state index contributed by atoms with van der Waals surface area (Å²) in [5.41, 5.74) is 2.45. The molecule has 18 heavy (non-hydrogen) atoms. The van der Waals surface area contributed by atoms with Gasteiger partial charge in [-0.1, -0.05) is 80.6 Å². The second-order valence-corrected chi connectivity index (χ2v) is 7.43. The van der Waals surface area contributed by atoms with Crippen molar-refractivity contribution >= 4 is 21.1 Å². The second-order valence-electron chi connectivity index (χ2n) is 4.81. The van der Waals surface area contributed by atoms with Crippen LogP contribution in [-0.2, 0) is 0 Å². The Kier molecular flexibility index (Phi) is 3.52. The highest BCUT2D eigenvalue weighted by atomic mass is 31.1. The molecule has 0 saturated carbocycles. The van der Waals surface area contributed by atoms with Crippen LogP contribution in [0.3, 0.4) is 0 Å². The summed E-state index contributed by atoms with van der Waals surface area (Å²) >= 11 is 0. The first-order chi connectivity index (χ1) is 8.86. The largest absolute Gasteiger partial charge is 0.0767 e. The predicted octanol–water partition coefficient (Wildman–Crippen LogP) is 3.82. The van der Waals surface area contributed by atoms with E-state index < -0.39 is 0 Å². The van der Waals surface area contributed by atoms with Crippen LogP contribution in [-0.4, -0.2) is 13.4 Å². The lowest BCUT2D eigenvalue weighted by atomic mass is 9.98. The molecule has 0 spiro atoms. The van der Waals surface area contributed by atoms with Crippen molar-refractivity contribution in [1.29, 1.82) is 0 Å². The molecule has 1 aliphatic heterocycles. The minimum absolute atomic E-state index is 0.263. The van der Waals surface area contributed by atoms with E-state index >= 15 is 0 Å². The maximum absolute atomic E-state index is 6.37. The molecule has 0 aliphatic carbocycles. The van der Waals surface area contributed by atoms with Gasteiger partial charge in [-0.15, -0.1) is 0 Å². The van der Waals surface area contributed by atoms with E-state index in [1.165, 1.54) is 17.3 Å². The maximum Gasteiger partial charge on any atom is 0.0767 e. The van der Waals surface area contributed by atoms with Crippen molar-refractivity contribution in [2.75, 3.05) is 0 Å². The maximum atomic E-state index is 6.37. The minimum Gasteiger partial charge on any atom is -0.0733 e. The summed E-state index contributed by atoms with van der Waals surface area (Å²) < 4.78 is 0. The summed E-state index contributed by atoms with van der Waals surface area (Å²) in [5.74, 6) is 0. The molecule has 3 unspecified atom stereocenters. The van der Waals surface area contributed by atoms with Crippen molar-refractivity contribution in [3.63, 3.8) is 0 Å². The molecule has 2 radical (unpaired) electrons. The summed E-state index contributed by atoms with van der Waals surface area (Å²) in [7, 11) is 6.10. The van der Waals surface area contributed by atoms with Crippen LogP contribution in [0.15, 0.2) is 60.7 Å². The molecule has 3 atom stereocenters. The van der Waals surface area contributed by atoms with E-state index in [0.29, 0.717) is 11.2 Å². The van der Waals surface area contributed by atoms with Gasteiger partial charge in [-0.3, -0.25) is 0 Å². The smallest absolute Gasteiger partial charge is 0.0733 e. The summed E-state index contributed by atoms with van der Waals surface area (Å²) in [6.07, 6.45) is 2.38. The van der Waals surface area contributed by atoms with E-state index in [0.717, 1.165) is 6.42 Å². The average Bonchev–Trinajstić information content (AvgIpc) is 2.83. The molecule has 0 amide bonds. The molecule has 2 heteroatoms. The molecule has 0 N–H and O–H groups in total. The zero-order chi connectivity index (χ0) is 12.4. The van der Waals surface area contributed by atoms with Gasteiger partial charge in [0, 0.05) is 5.66 Å². The number of benzene rings is 2. The summed E-state index contributed by atoms with van der Waals surface area (Å²) in [6, 6.07) is 21.7. The fourth-order valence-electron chi connectivity index (χ4n) is 2.81. The number of hydrogen-bond acceptors (Lipinski definition) is 0. The van der Waals surface area contributed by atoms with Gasteiger partial charge in [-0.05, 0) is 17.3 Å². The van der Waals surface area contributed by atoms with Gasteiger partial charge in [0.1, 0.15) is 0 Å².